The molecule has 0 aliphatic carbocycles. The average Bonchev–Trinajstić information content (AvgIpc) is 3.28. The molecule has 0 aromatic carbocycles. The van der Waals surface area contributed by atoms with E-state index >= 15 is 0 Å². The molecule has 0 fully saturated rings. The van der Waals surface area contributed by atoms with Gasteiger partial charge in [0.05, 0.1) is 0 Å². The summed E-state index contributed by atoms with van der Waals surface area (Å²) in [6.07, 6.45) is 65.7. The molecule has 6 heteroatoms. The van der Waals surface area contributed by atoms with E-state index in [0.717, 1.165) is 83.5 Å². The van der Waals surface area contributed by atoms with Crippen molar-refractivity contribution in [2.24, 2.45) is 0 Å². The van der Waals surface area contributed by atoms with Gasteiger partial charge in [-0.25, -0.2) is 0 Å². The Balaban J connectivity index is 4.47. The van der Waals surface area contributed by atoms with Crippen LogP contribution in [-0.4, -0.2) is 37.2 Å². The summed E-state index contributed by atoms with van der Waals surface area (Å²) in [4.78, 5) is 38.0. The van der Waals surface area contributed by atoms with E-state index in [0.29, 0.717) is 19.3 Å². The van der Waals surface area contributed by atoms with E-state index in [9.17, 15) is 14.4 Å². The SMILES string of the molecule is CC\C=C/C=C\C=C/CCCCCCCCCC(=O)OC(COC(=O)CC/C=C\C/C=C\CCCCCCCC)COC(=O)CCCCCCCCC/C=C\C/C=C\CCCCC. The highest BCUT2D eigenvalue weighted by Gasteiger charge is 2.19. The lowest BCUT2D eigenvalue weighted by Gasteiger charge is -2.18. The molecular weight excluding hydrogens is 781 g/mol. The molecule has 0 N–H and O–H groups in total. The number of ether oxygens (including phenoxy) is 3. The lowest BCUT2D eigenvalue weighted by molar-refractivity contribution is -0.166. The Hall–Kier alpha value is -3.41. The van der Waals surface area contributed by atoms with Crippen molar-refractivity contribution < 1.29 is 28.6 Å². The average molecular weight is 877 g/mol. The first-order valence-corrected chi connectivity index (χ1v) is 26.1. The second kappa shape index (κ2) is 51.2. The molecule has 0 spiro atoms. The minimum atomic E-state index is -0.808. The van der Waals surface area contributed by atoms with Gasteiger partial charge >= 0.3 is 17.9 Å². The monoisotopic (exact) mass is 877 g/mol. The maximum atomic E-state index is 12.8. The van der Waals surface area contributed by atoms with E-state index in [1.165, 1.54) is 109 Å². The van der Waals surface area contributed by atoms with Gasteiger partial charge in [-0.3, -0.25) is 14.4 Å². The molecule has 6 nitrogen and oxygen atoms in total. The highest BCUT2D eigenvalue weighted by Crippen LogP contribution is 2.14. The molecule has 360 valence electrons. The number of rotatable bonds is 46. The summed E-state index contributed by atoms with van der Waals surface area (Å²) >= 11 is 0. The molecule has 0 aromatic heterocycles. The zero-order valence-electron chi connectivity index (χ0n) is 41.1. The summed E-state index contributed by atoms with van der Waals surface area (Å²) in [5, 5.41) is 0. The van der Waals surface area contributed by atoms with E-state index in [4.69, 9.17) is 14.2 Å². The maximum Gasteiger partial charge on any atom is 0.306 e. The van der Waals surface area contributed by atoms with Crippen molar-refractivity contribution >= 4 is 17.9 Å². The van der Waals surface area contributed by atoms with E-state index in [1.807, 2.05) is 6.08 Å². The molecule has 0 heterocycles. The van der Waals surface area contributed by atoms with Crippen LogP contribution in [0.4, 0.5) is 0 Å². The first-order valence-electron chi connectivity index (χ1n) is 26.1. The third kappa shape index (κ3) is 49.5. The van der Waals surface area contributed by atoms with Crippen molar-refractivity contribution in [3.63, 3.8) is 0 Å². The van der Waals surface area contributed by atoms with E-state index < -0.39 is 6.10 Å². The Morgan fingerprint density at radius 2 is 0.714 bits per heavy atom. The quantitative estimate of drug-likeness (QED) is 0.0199. The molecule has 63 heavy (non-hydrogen) atoms. The van der Waals surface area contributed by atoms with Crippen LogP contribution in [0, 0.1) is 0 Å². The first kappa shape index (κ1) is 59.6. The smallest absolute Gasteiger partial charge is 0.306 e. The highest BCUT2D eigenvalue weighted by atomic mass is 16.6. The molecule has 0 aliphatic rings. The Morgan fingerprint density at radius 1 is 0.349 bits per heavy atom. The minimum absolute atomic E-state index is 0.103. The van der Waals surface area contributed by atoms with Crippen LogP contribution in [-0.2, 0) is 28.6 Å². The zero-order valence-corrected chi connectivity index (χ0v) is 41.1. The molecule has 0 aromatic rings. The minimum Gasteiger partial charge on any atom is -0.462 e. The Morgan fingerprint density at radius 3 is 1.21 bits per heavy atom. The van der Waals surface area contributed by atoms with Crippen molar-refractivity contribution in [2.45, 2.75) is 245 Å². The molecule has 0 bridgehead atoms. The van der Waals surface area contributed by atoms with Crippen LogP contribution in [0.1, 0.15) is 239 Å². The molecule has 0 saturated heterocycles. The van der Waals surface area contributed by atoms with Gasteiger partial charge in [-0.2, -0.15) is 0 Å². The molecule has 0 amide bonds. The van der Waals surface area contributed by atoms with Gasteiger partial charge in [0.15, 0.2) is 6.10 Å². The summed E-state index contributed by atoms with van der Waals surface area (Å²) in [5.41, 5.74) is 0. The van der Waals surface area contributed by atoms with Gasteiger partial charge in [0.25, 0.3) is 0 Å². The van der Waals surface area contributed by atoms with E-state index in [1.54, 1.807) is 0 Å². The summed E-state index contributed by atoms with van der Waals surface area (Å²) in [6, 6.07) is 0. The summed E-state index contributed by atoms with van der Waals surface area (Å²) in [6.45, 7) is 6.40. The summed E-state index contributed by atoms with van der Waals surface area (Å²) in [7, 11) is 0. The number of allylic oxidation sites excluding steroid dienone is 14. The van der Waals surface area contributed by atoms with Gasteiger partial charge in [0.2, 0.25) is 0 Å². The van der Waals surface area contributed by atoms with Crippen molar-refractivity contribution in [2.75, 3.05) is 13.2 Å². The number of hydrogen-bond donors (Lipinski definition) is 0. The third-order valence-electron chi connectivity index (χ3n) is 10.9. The predicted octanol–water partition coefficient (Wildman–Crippen LogP) is 17.2. The lowest BCUT2D eigenvalue weighted by Crippen LogP contribution is -2.30. The van der Waals surface area contributed by atoms with Crippen LogP contribution in [0.25, 0.3) is 0 Å². The normalized spacial score (nSPS) is 12.7. The van der Waals surface area contributed by atoms with Crippen molar-refractivity contribution in [1.29, 1.82) is 0 Å². The number of hydrogen-bond acceptors (Lipinski definition) is 6. The van der Waals surface area contributed by atoms with Crippen molar-refractivity contribution in [3.05, 3.63) is 85.1 Å². The molecule has 1 unspecified atom stereocenters. The van der Waals surface area contributed by atoms with Crippen LogP contribution < -0.4 is 0 Å². The zero-order chi connectivity index (χ0) is 45.8. The molecule has 0 saturated carbocycles. The Kier molecular flexibility index (Phi) is 48.5. The maximum absolute atomic E-state index is 12.8. The Labute approximate surface area is 388 Å². The van der Waals surface area contributed by atoms with Crippen molar-refractivity contribution in [3.8, 4) is 0 Å². The fraction of sp³-hybridized carbons (Fsp3) is 0.702. The number of esters is 3. The topological polar surface area (TPSA) is 78.9 Å². The largest absolute Gasteiger partial charge is 0.462 e. The first-order chi connectivity index (χ1) is 31.0. The van der Waals surface area contributed by atoms with Crippen LogP contribution in [0.3, 0.4) is 0 Å². The highest BCUT2D eigenvalue weighted by molar-refractivity contribution is 5.71. The van der Waals surface area contributed by atoms with Gasteiger partial charge in [-0.05, 0) is 89.9 Å². The number of carbonyl (C=O) groups excluding carboxylic acids is 3. The molecular formula is C57H96O6. The fourth-order valence-electron chi connectivity index (χ4n) is 6.99. The van der Waals surface area contributed by atoms with Gasteiger partial charge in [0.1, 0.15) is 13.2 Å². The van der Waals surface area contributed by atoms with Crippen LogP contribution in [0.5, 0.6) is 0 Å². The lowest BCUT2D eigenvalue weighted by atomic mass is 10.1. The predicted molar refractivity (Wildman–Crippen MR) is 270 cm³/mol. The van der Waals surface area contributed by atoms with Crippen molar-refractivity contribution in [1.82, 2.24) is 0 Å². The molecule has 1 atom stereocenters. The fourth-order valence-corrected chi connectivity index (χ4v) is 6.99. The Bertz CT molecular complexity index is 1240. The summed E-state index contributed by atoms with van der Waals surface area (Å²) in [5.74, 6) is -0.994. The molecule has 0 aliphatic heterocycles. The number of unbranched alkanes of at least 4 members (excludes halogenated alkanes) is 23. The van der Waals surface area contributed by atoms with Gasteiger partial charge in [0, 0.05) is 19.3 Å². The molecule has 0 rings (SSSR count). The van der Waals surface area contributed by atoms with Gasteiger partial charge in [-0.15, -0.1) is 0 Å². The third-order valence-corrected chi connectivity index (χ3v) is 10.9. The second-order valence-corrected chi connectivity index (χ2v) is 17.1. The van der Waals surface area contributed by atoms with E-state index in [-0.39, 0.29) is 37.5 Å². The standard InChI is InChI=1S/C57H96O6/c1-4-7-10-13-16-19-22-25-27-28-30-32-35-38-41-44-47-50-56(59)62-53-54(52-61-55(58)49-46-43-40-37-34-31-24-21-18-15-12-9-6-3)63-57(60)51-48-45-42-39-36-33-29-26-23-20-17-14-11-8-5-2/h8,11,14,16-17,19-20,23,25,27,31,34,40,43,54H,4-7,9-10,12-13,15,18,21-22,24,26,28-30,32-33,35-39,41-42,44-53H2,1-3H3/b11-8-,17-14-,19-16-,23-20-,27-25-,34-31-,43-40-. The van der Waals surface area contributed by atoms with Gasteiger partial charge in [-0.1, -0.05) is 215 Å². The van der Waals surface area contributed by atoms with Gasteiger partial charge < -0.3 is 14.2 Å². The van der Waals surface area contributed by atoms with Crippen LogP contribution >= 0.6 is 0 Å². The molecule has 0 radical (unpaired) electrons. The summed E-state index contributed by atoms with van der Waals surface area (Å²) < 4.78 is 16.7. The second-order valence-electron chi connectivity index (χ2n) is 17.1. The van der Waals surface area contributed by atoms with Crippen LogP contribution in [0.2, 0.25) is 0 Å². The number of carbonyl (C=O) groups is 3. The van der Waals surface area contributed by atoms with Crippen LogP contribution in [0.15, 0.2) is 85.1 Å². The van der Waals surface area contributed by atoms with E-state index in [2.05, 4.69) is 99.8 Å².